The summed E-state index contributed by atoms with van der Waals surface area (Å²) >= 11 is 7.84. The van der Waals surface area contributed by atoms with E-state index in [-0.39, 0.29) is 0 Å². The molecule has 0 atom stereocenters. The molecule has 5 nitrogen and oxygen atoms in total. The molecule has 25 heavy (non-hydrogen) atoms. The number of hydrogen-bond donors (Lipinski definition) is 2. The van der Waals surface area contributed by atoms with E-state index in [1.165, 1.54) is 4.90 Å². The highest BCUT2D eigenvalue weighted by atomic mass is 35.5. The van der Waals surface area contributed by atoms with Crippen LogP contribution in [0.3, 0.4) is 0 Å². The molecule has 0 saturated heterocycles. The molecule has 0 aliphatic rings. The fraction of sp³-hybridized carbons (Fsp3) is 0.111. The molecule has 0 aliphatic carbocycles. The van der Waals surface area contributed by atoms with Crippen LogP contribution in [0.15, 0.2) is 53.4 Å². The predicted molar refractivity (Wildman–Crippen MR) is 105 cm³/mol. The van der Waals surface area contributed by atoms with Gasteiger partial charge in [0.05, 0.1) is 17.8 Å². The molecule has 3 aromatic rings. The minimum Gasteiger partial charge on any atom is -0.495 e. The molecule has 3 rings (SSSR count). The third-order valence-electron chi connectivity index (χ3n) is 3.54. The van der Waals surface area contributed by atoms with Crippen LogP contribution in [0.1, 0.15) is 0 Å². The summed E-state index contributed by atoms with van der Waals surface area (Å²) in [4.78, 5) is 9.97. The molecular weight excluding hydrogens is 356 g/mol. The SMILES string of the molecule is COc1ccc(Nc2nc(N)cc(-c3ccc(SC)cc3)n2)cc1Cl. The minimum absolute atomic E-state index is 0.390. The van der Waals surface area contributed by atoms with Crippen molar-refractivity contribution >= 4 is 40.8 Å². The van der Waals surface area contributed by atoms with Gasteiger partial charge in [0.15, 0.2) is 0 Å². The van der Waals surface area contributed by atoms with E-state index in [1.807, 2.05) is 24.5 Å². The maximum absolute atomic E-state index is 6.15. The summed E-state index contributed by atoms with van der Waals surface area (Å²) < 4.78 is 5.15. The number of nitrogen functional groups attached to an aromatic ring is 1. The van der Waals surface area contributed by atoms with Gasteiger partial charge in [0, 0.05) is 22.2 Å². The van der Waals surface area contributed by atoms with Gasteiger partial charge < -0.3 is 15.8 Å². The van der Waals surface area contributed by atoms with Gasteiger partial charge in [-0.1, -0.05) is 23.7 Å². The summed E-state index contributed by atoms with van der Waals surface area (Å²) in [5, 5.41) is 3.63. The molecule has 1 aromatic heterocycles. The normalized spacial score (nSPS) is 10.5. The lowest BCUT2D eigenvalue weighted by Gasteiger charge is -2.10. The zero-order valence-corrected chi connectivity index (χ0v) is 15.4. The number of anilines is 3. The lowest BCUT2D eigenvalue weighted by molar-refractivity contribution is 0.415. The number of ether oxygens (including phenoxy) is 1. The van der Waals surface area contributed by atoms with Gasteiger partial charge in [-0.25, -0.2) is 4.98 Å². The first-order chi connectivity index (χ1) is 12.1. The Kier molecular flexibility index (Phi) is 5.31. The lowest BCUT2D eigenvalue weighted by Crippen LogP contribution is -2.02. The molecule has 0 spiro atoms. The zero-order chi connectivity index (χ0) is 17.8. The molecule has 2 aromatic carbocycles. The Balaban J connectivity index is 1.89. The molecule has 0 unspecified atom stereocenters. The highest BCUT2D eigenvalue weighted by molar-refractivity contribution is 7.98. The number of benzene rings is 2. The average Bonchev–Trinajstić information content (AvgIpc) is 2.61. The first-order valence-corrected chi connectivity index (χ1v) is 9.09. The molecule has 0 fully saturated rings. The molecule has 3 N–H and O–H groups in total. The summed E-state index contributed by atoms with van der Waals surface area (Å²) in [7, 11) is 1.57. The average molecular weight is 373 g/mol. The summed E-state index contributed by atoms with van der Waals surface area (Å²) in [6, 6.07) is 15.2. The Labute approximate surface area is 155 Å². The molecule has 0 aliphatic heterocycles. The van der Waals surface area contributed by atoms with E-state index >= 15 is 0 Å². The van der Waals surface area contributed by atoms with Gasteiger partial charge in [0.25, 0.3) is 0 Å². The number of methoxy groups -OCH3 is 1. The first-order valence-electron chi connectivity index (χ1n) is 7.48. The van der Waals surface area contributed by atoms with Crippen molar-refractivity contribution in [2.45, 2.75) is 4.90 Å². The van der Waals surface area contributed by atoms with E-state index < -0.39 is 0 Å². The van der Waals surface area contributed by atoms with Gasteiger partial charge in [0.1, 0.15) is 11.6 Å². The van der Waals surface area contributed by atoms with Crippen molar-refractivity contribution in [3.05, 3.63) is 53.6 Å². The number of aromatic nitrogens is 2. The summed E-state index contributed by atoms with van der Waals surface area (Å²) in [5.74, 6) is 1.40. The number of nitrogens with one attached hydrogen (secondary N) is 1. The summed E-state index contributed by atoms with van der Waals surface area (Å²) in [6.45, 7) is 0. The molecule has 0 saturated carbocycles. The number of rotatable bonds is 5. The predicted octanol–water partition coefficient (Wildman–Crippen LogP) is 4.85. The Morgan fingerprint density at radius 2 is 1.84 bits per heavy atom. The van der Waals surface area contributed by atoms with Crippen molar-refractivity contribution in [3.8, 4) is 17.0 Å². The Hall–Kier alpha value is -2.44. The van der Waals surface area contributed by atoms with Crippen molar-refractivity contribution in [2.75, 3.05) is 24.4 Å². The zero-order valence-electron chi connectivity index (χ0n) is 13.8. The van der Waals surface area contributed by atoms with Crippen LogP contribution in [0.4, 0.5) is 17.5 Å². The van der Waals surface area contributed by atoms with E-state index in [0.29, 0.717) is 22.5 Å². The van der Waals surface area contributed by atoms with Crippen molar-refractivity contribution in [3.63, 3.8) is 0 Å². The second-order valence-electron chi connectivity index (χ2n) is 5.20. The van der Waals surface area contributed by atoms with Crippen molar-refractivity contribution in [2.24, 2.45) is 0 Å². The third-order valence-corrected chi connectivity index (χ3v) is 4.58. The lowest BCUT2D eigenvalue weighted by atomic mass is 10.1. The minimum atomic E-state index is 0.390. The van der Waals surface area contributed by atoms with Gasteiger partial charge in [-0.2, -0.15) is 4.98 Å². The number of thioether (sulfide) groups is 1. The van der Waals surface area contributed by atoms with Gasteiger partial charge >= 0.3 is 0 Å². The van der Waals surface area contributed by atoms with Crippen LogP contribution >= 0.6 is 23.4 Å². The second kappa shape index (κ2) is 7.63. The van der Waals surface area contributed by atoms with Gasteiger partial charge in [-0.05, 0) is 36.6 Å². The summed E-state index contributed by atoms with van der Waals surface area (Å²) in [6.07, 6.45) is 2.04. The van der Waals surface area contributed by atoms with E-state index in [0.717, 1.165) is 16.9 Å². The first kappa shape index (κ1) is 17.4. The van der Waals surface area contributed by atoms with Crippen LogP contribution in [0.25, 0.3) is 11.3 Å². The Bertz CT molecular complexity index is 887. The summed E-state index contributed by atoms with van der Waals surface area (Å²) in [5.41, 5.74) is 8.42. The molecule has 1 heterocycles. The standard InChI is InChI=1S/C18H17ClN4OS/c1-24-16-8-5-12(9-14(16)19)21-18-22-15(10-17(20)23-18)11-3-6-13(25-2)7-4-11/h3-10H,1-2H3,(H3,20,21,22,23). The van der Waals surface area contributed by atoms with Gasteiger partial charge in [0.2, 0.25) is 5.95 Å². The smallest absolute Gasteiger partial charge is 0.229 e. The maximum atomic E-state index is 6.15. The monoisotopic (exact) mass is 372 g/mol. The topological polar surface area (TPSA) is 73.1 Å². The maximum Gasteiger partial charge on any atom is 0.229 e. The van der Waals surface area contributed by atoms with Crippen LogP contribution in [-0.2, 0) is 0 Å². The molecule has 0 bridgehead atoms. The van der Waals surface area contributed by atoms with Crippen LogP contribution in [0, 0.1) is 0 Å². The van der Waals surface area contributed by atoms with E-state index in [4.69, 9.17) is 22.1 Å². The third kappa shape index (κ3) is 4.15. The van der Waals surface area contributed by atoms with Crippen LogP contribution in [-0.4, -0.2) is 23.3 Å². The number of nitrogens with two attached hydrogens (primary N) is 1. The van der Waals surface area contributed by atoms with Crippen LogP contribution in [0.5, 0.6) is 5.75 Å². The van der Waals surface area contributed by atoms with Crippen molar-refractivity contribution in [1.82, 2.24) is 9.97 Å². The Morgan fingerprint density at radius 3 is 2.48 bits per heavy atom. The highest BCUT2D eigenvalue weighted by Crippen LogP contribution is 2.29. The quantitative estimate of drug-likeness (QED) is 0.623. The molecule has 7 heteroatoms. The largest absolute Gasteiger partial charge is 0.495 e. The van der Waals surface area contributed by atoms with Crippen molar-refractivity contribution in [1.29, 1.82) is 0 Å². The molecule has 0 amide bonds. The van der Waals surface area contributed by atoms with E-state index in [2.05, 4.69) is 27.4 Å². The fourth-order valence-corrected chi connectivity index (χ4v) is 2.97. The second-order valence-corrected chi connectivity index (χ2v) is 6.49. The fourth-order valence-electron chi connectivity index (χ4n) is 2.30. The van der Waals surface area contributed by atoms with Crippen LogP contribution in [0.2, 0.25) is 5.02 Å². The Morgan fingerprint density at radius 1 is 1.08 bits per heavy atom. The highest BCUT2D eigenvalue weighted by Gasteiger charge is 2.08. The van der Waals surface area contributed by atoms with Crippen molar-refractivity contribution < 1.29 is 4.74 Å². The number of hydrogen-bond acceptors (Lipinski definition) is 6. The molecule has 128 valence electrons. The number of nitrogens with zero attached hydrogens (tertiary/aromatic N) is 2. The van der Waals surface area contributed by atoms with E-state index in [1.54, 1.807) is 37.1 Å². The van der Waals surface area contributed by atoms with Crippen LogP contribution < -0.4 is 15.8 Å². The van der Waals surface area contributed by atoms with Gasteiger partial charge in [-0.3, -0.25) is 0 Å². The van der Waals surface area contributed by atoms with Gasteiger partial charge in [-0.15, -0.1) is 11.8 Å². The number of halogens is 1. The molecular formula is C18H17ClN4OS. The van der Waals surface area contributed by atoms with E-state index in [9.17, 15) is 0 Å². The molecule has 0 radical (unpaired) electrons.